The summed E-state index contributed by atoms with van der Waals surface area (Å²) in [6, 6.07) is 0. The first-order valence-electron chi connectivity index (χ1n) is 3.77. The minimum atomic E-state index is -0.621. The van der Waals surface area contributed by atoms with E-state index in [-0.39, 0.29) is 6.10 Å². The Labute approximate surface area is 70.1 Å². The van der Waals surface area contributed by atoms with E-state index in [2.05, 4.69) is 4.74 Å². The number of rotatable bonds is 0. The van der Waals surface area contributed by atoms with Gasteiger partial charge in [0, 0.05) is 13.1 Å². The molecule has 1 amide bonds. The number of piperidine rings is 1. The van der Waals surface area contributed by atoms with E-state index >= 15 is 0 Å². The van der Waals surface area contributed by atoms with Gasteiger partial charge in [-0.05, 0) is 12.8 Å². The number of hydrogen-bond donors (Lipinski definition) is 1. The van der Waals surface area contributed by atoms with E-state index in [9.17, 15) is 4.79 Å². The van der Waals surface area contributed by atoms with Gasteiger partial charge in [0.15, 0.2) is 0 Å². The smallest absolute Gasteiger partial charge is 0.393 e. The van der Waals surface area contributed by atoms with Gasteiger partial charge in [-0.15, -0.1) is 5.26 Å². The first-order valence-corrected chi connectivity index (χ1v) is 3.77. The Hall–Kier alpha value is -1.28. The van der Waals surface area contributed by atoms with E-state index < -0.39 is 6.09 Å². The lowest BCUT2D eigenvalue weighted by Crippen LogP contribution is -2.39. The highest BCUT2D eigenvalue weighted by molar-refractivity contribution is 5.68. The number of aliphatic hydroxyl groups is 1. The fourth-order valence-electron chi connectivity index (χ4n) is 1.15. The van der Waals surface area contributed by atoms with E-state index in [1.807, 2.05) is 0 Å². The van der Waals surface area contributed by atoms with Crippen LogP contribution >= 0.6 is 0 Å². The zero-order valence-corrected chi connectivity index (χ0v) is 6.56. The summed E-state index contributed by atoms with van der Waals surface area (Å²) < 4.78 is 4.13. The second kappa shape index (κ2) is 3.93. The molecule has 1 N–H and O–H groups in total. The summed E-state index contributed by atoms with van der Waals surface area (Å²) >= 11 is 0. The molecule has 5 heteroatoms. The van der Waals surface area contributed by atoms with Gasteiger partial charge in [0.05, 0.1) is 6.10 Å². The first-order chi connectivity index (χ1) is 5.74. The molecule has 12 heavy (non-hydrogen) atoms. The number of carbonyl (C=O) groups is 1. The van der Waals surface area contributed by atoms with Crippen molar-refractivity contribution in [1.82, 2.24) is 4.90 Å². The van der Waals surface area contributed by atoms with Crippen LogP contribution in [0.4, 0.5) is 4.79 Å². The van der Waals surface area contributed by atoms with Crippen molar-refractivity contribution < 1.29 is 14.6 Å². The van der Waals surface area contributed by atoms with Crippen molar-refractivity contribution >= 4 is 6.09 Å². The molecule has 0 radical (unpaired) electrons. The second-order valence-electron chi connectivity index (χ2n) is 2.68. The van der Waals surface area contributed by atoms with Crippen LogP contribution in [0.1, 0.15) is 12.8 Å². The van der Waals surface area contributed by atoms with Crippen molar-refractivity contribution in [2.45, 2.75) is 18.9 Å². The molecule has 0 atom stereocenters. The maximum absolute atomic E-state index is 10.9. The van der Waals surface area contributed by atoms with Gasteiger partial charge in [0.25, 0.3) is 6.26 Å². The third kappa shape index (κ3) is 2.10. The Balaban J connectivity index is 2.35. The molecule has 1 aliphatic heterocycles. The summed E-state index contributed by atoms with van der Waals surface area (Å²) in [5.74, 6) is 0. The zero-order valence-electron chi connectivity index (χ0n) is 6.56. The van der Waals surface area contributed by atoms with Crippen LogP contribution < -0.4 is 0 Å². The van der Waals surface area contributed by atoms with E-state index in [0.29, 0.717) is 25.9 Å². The zero-order chi connectivity index (χ0) is 8.97. The molecule has 1 heterocycles. The van der Waals surface area contributed by atoms with Gasteiger partial charge in [-0.3, -0.25) is 0 Å². The van der Waals surface area contributed by atoms with Gasteiger partial charge < -0.3 is 14.7 Å². The predicted octanol–water partition coefficient (Wildman–Crippen LogP) is 0.0608. The summed E-state index contributed by atoms with van der Waals surface area (Å²) in [6.45, 7) is 0.920. The largest absolute Gasteiger partial charge is 0.425 e. The van der Waals surface area contributed by atoms with Gasteiger partial charge in [-0.25, -0.2) is 4.79 Å². The van der Waals surface area contributed by atoms with E-state index in [1.54, 1.807) is 0 Å². The molecule has 0 aromatic rings. The number of hydrogen-bond acceptors (Lipinski definition) is 4. The summed E-state index contributed by atoms with van der Waals surface area (Å²) in [4.78, 5) is 12.3. The van der Waals surface area contributed by atoms with Crippen LogP contribution in [-0.2, 0) is 4.74 Å². The SMILES string of the molecule is N#COC(=O)N1CCC(O)CC1. The summed E-state index contributed by atoms with van der Waals surface area (Å²) in [6.07, 6.45) is 1.49. The van der Waals surface area contributed by atoms with Crippen molar-refractivity contribution in [2.75, 3.05) is 13.1 Å². The summed E-state index contributed by atoms with van der Waals surface area (Å²) in [5, 5.41) is 17.1. The van der Waals surface area contributed by atoms with Crippen LogP contribution in [0.5, 0.6) is 0 Å². The van der Waals surface area contributed by atoms with Crippen LogP contribution in [0, 0.1) is 11.5 Å². The van der Waals surface area contributed by atoms with Gasteiger partial charge in [0.2, 0.25) is 0 Å². The molecule has 1 fully saturated rings. The first kappa shape index (κ1) is 8.81. The Morgan fingerprint density at radius 2 is 2.17 bits per heavy atom. The molecule has 5 nitrogen and oxygen atoms in total. The minimum absolute atomic E-state index is 0.323. The van der Waals surface area contributed by atoms with E-state index in [1.165, 1.54) is 11.2 Å². The van der Waals surface area contributed by atoms with Gasteiger partial charge >= 0.3 is 6.09 Å². The van der Waals surface area contributed by atoms with Gasteiger partial charge in [-0.1, -0.05) is 0 Å². The molecule has 1 aliphatic rings. The van der Waals surface area contributed by atoms with E-state index in [4.69, 9.17) is 10.4 Å². The molecule has 1 rings (SSSR count). The lowest BCUT2D eigenvalue weighted by molar-refractivity contribution is 0.0759. The number of carbonyl (C=O) groups excluding carboxylic acids is 1. The normalized spacial score (nSPS) is 18.5. The maximum Gasteiger partial charge on any atom is 0.425 e. The van der Waals surface area contributed by atoms with Crippen LogP contribution in [0.3, 0.4) is 0 Å². The maximum atomic E-state index is 10.9. The van der Waals surface area contributed by atoms with Crippen LogP contribution in [0.25, 0.3) is 0 Å². The number of likely N-dealkylation sites (tertiary alicyclic amines) is 1. The monoisotopic (exact) mass is 170 g/mol. The number of amides is 1. The predicted molar refractivity (Wildman–Crippen MR) is 38.9 cm³/mol. The summed E-state index contributed by atoms with van der Waals surface area (Å²) in [5.41, 5.74) is 0. The van der Waals surface area contributed by atoms with Crippen molar-refractivity contribution in [3.63, 3.8) is 0 Å². The Morgan fingerprint density at radius 1 is 1.58 bits per heavy atom. The second-order valence-corrected chi connectivity index (χ2v) is 2.68. The molecule has 0 bridgehead atoms. The molecule has 0 unspecified atom stereocenters. The molecule has 1 saturated heterocycles. The van der Waals surface area contributed by atoms with Gasteiger partial charge in [-0.2, -0.15) is 0 Å². The van der Waals surface area contributed by atoms with E-state index in [0.717, 1.165) is 0 Å². The molecule has 0 aliphatic carbocycles. The van der Waals surface area contributed by atoms with Crippen molar-refractivity contribution in [3.8, 4) is 6.26 Å². The molecular formula is C7H10N2O3. The lowest BCUT2D eigenvalue weighted by atomic mass is 10.1. The molecule has 0 aromatic carbocycles. The van der Waals surface area contributed by atoms with Crippen molar-refractivity contribution in [3.05, 3.63) is 0 Å². The lowest BCUT2D eigenvalue weighted by Gasteiger charge is -2.27. The molecule has 0 saturated carbocycles. The molecular weight excluding hydrogens is 160 g/mol. The molecule has 0 spiro atoms. The quantitative estimate of drug-likeness (QED) is 0.522. The van der Waals surface area contributed by atoms with Crippen LogP contribution in [-0.4, -0.2) is 35.3 Å². The van der Waals surface area contributed by atoms with Crippen LogP contribution in [0.2, 0.25) is 0 Å². The standard InChI is InChI=1S/C7H10N2O3/c8-5-12-7(11)9-3-1-6(10)2-4-9/h6,10H,1-4H2. The van der Waals surface area contributed by atoms with Crippen LogP contribution in [0.15, 0.2) is 0 Å². The third-order valence-corrected chi connectivity index (χ3v) is 1.86. The number of ether oxygens (including phenoxy) is 1. The highest BCUT2D eigenvalue weighted by Crippen LogP contribution is 2.10. The molecule has 66 valence electrons. The fraction of sp³-hybridized carbons (Fsp3) is 0.714. The Bertz CT molecular complexity index is 203. The Kier molecular flexibility index (Phi) is 2.88. The Morgan fingerprint density at radius 3 is 2.67 bits per heavy atom. The van der Waals surface area contributed by atoms with Crippen molar-refractivity contribution in [2.24, 2.45) is 0 Å². The third-order valence-electron chi connectivity index (χ3n) is 1.86. The average Bonchev–Trinajstić information content (AvgIpc) is 2.06. The minimum Gasteiger partial charge on any atom is -0.393 e. The summed E-state index contributed by atoms with van der Waals surface area (Å²) in [7, 11) is 0. The highest BCUT2D eigenvalue weighted by Gasteiger charge is 2.22. The fourth-order valence-corrected chi connectivity index (χ4v) is 1.15. The molecule has 0 aromatic heterocycles. The number of nitriles is 1. The van der Waals surface area contributed by atoms with Gasteiger partial charge in [0.1, 0.15) is 0 Å². The average molecular weight is 170 g/mol. The topological polar surface area (TPSA) is 73.6 Å². The number of aliphatic hydroxyl groups excluding tert-OH is 1. The van der Waals surface area contributed by atoms with Crippen molar-refractivity contribution in [1.29, 1.82) is 5.26 Å². The number of nitrogens with zero attached hydrogens (tertiary/aromatic N) is 2. The highest BCUT2D eigenvalue weighted by atomic mass is 16.5.